The zero-order chi connectivity index (χ0) is 15.0. The van der Waals surface area contributed by atoms with Gasteiger partial charge < -0.3 is 10.3 Å². The lowest BCUT2D eigenvalue weighted by Crippen LogP contribution is -2.35. The van der Waals surface area contributed by atoms with Crippen molar-refractivity contribution in [3.63, 3.8) is 0 Å². The van der Waals surface area contributed by atoms with Crippen molar-refractivity contribution >= 4 is 10.0 Å². The van der Waals surface area contributed by atoms with Gasteiger partial charge in [0.1, 0.15) is 0 Å². The van der Waals surface area contributed by atoms with Gasteiger partial charge in [-0.25, -0.2) is 8.42 Å². The molecule has 0 spiro atoms. The van der Waals surface area contributed by atoms with Gasteiger partial charge in [-0.05, 0) is 37.7 Å². The molecule has 0 saturated heterocycles. The molecule has 0 radical (unpaired) electrons. The van der Waals surface area contributed by atoms with Gasteiger partial charge >= 0.3 is 0 Å². The van der Waals surface area contributed by atoms with E-state index in [2.05, 4.69) is 24.1 Å². The molecule has 2 fully saturated rings. The third-order valence-electron chi connectivity index (χ3n) is 3.98. The average molecular weight is 311 g/mol. The lowest BCUT2D eigenvalue weighted by Gasteiger charge is -2.23. The summed E-state index contributed by atoms with van der Waals surface area (Å²) in [5.74, 6) is 0.343. The summed E-state index contributed by atoms with van der Waals surface area (Å²) in [7, 11) is -3.36. The number of nitrogens with zero attached hydrogens (tertiary/aromatic N) is 1. The average Bonchev–Trinajstić information content (AvgIpc) is 3.33. The maximum atomic E-state index is 12.8. The first-order chi connectivity index (χ1) is 9.96. The number of sulfonamides is 1. The summed E-state index contributed by atoms with van der Waals surface area (Å²) in [6, 6.07) is 2.61. The van der Waals surface area contributed by atoms with Crippen LogP contribution in [0.4, 0.5) is 0 Å². The number of rotatable bonds is 8. The summed E-state index contributed by atoms with van der Waals surface area (Å²) in [6.07, 6.45) is 6.08. The number of aromatic amines is 1. The minimum atomic E-state index is -3.36. The van der Waals surface area contributed by atoms with Crippen molar-refractivity contribution in [3.8, 4) is 0 Å². The Hall–Kier alpha value is -0.850. The molecule has 3 rings (SSSR count). The Morgan fingerprint density at radius 3 is 2.62 bits per heavy atom. The predicted octanol–water partition coefficient (Wildman–Crippen LogP) is 2.08. The molecule has 21 heavy (non-hydrogen) atoms. The number of aromatic nitrogens is 1. The van der Waals surface area contributed by atoms with E-state index < -0.39 is 10.0 Å². The van der Waals surface area contributed by atoms with E-state index >= 15 is 0 Å². The van der Waals surface area contributed by atoms with Crippen molar-refractivity contribution in [2.75, 3.05) is 6.54 Å². The second-order valence-electron chi connectivity index (χ2n) is 6.72. The molecule has 2 saturated carbocycles. The zero-order valence-corrected chi connectivity index (χ0v) is 13.6. The highest BCUT2D eigenvalue weighted by molar-refractivity contribution is 7.89. The lowest BCUT2D eigenvalue weighted by molar-refractivity contribution is 0.360. The van der Waals surface area contributed by atoms with Crippen molar-refractivity contribution in [3.05, 3.63) is 18.0 Å². The van der Waals surface area contributed by atoms with Crippen molar-refractivity contribution in [2.45, 2.75) is 63.1 Å². The van der Waals surface area contributed by atoms with Gasteiger partial charge in [-0.3, -0.25) is 0 Å². The van der Waals surface area contributed by atoms with Crippen LogP contribution in [0.15, 0.2) is 17.2 Å². The van der Waals surface area contributed by atoms with Crippen LogP contribution in [0, 0.1) is 5.92 Å². The number of hydrogen-bond donors (Lipinski definition) is 2. The van der Waals surface area contributed by atoms with Gasteiger partial charge in [-0.1, -0.05) is 13.8 Å². The number of nitrogens with one attached hydrogen (secondary N) is 2. The number of H-pyrrole nitrogens is 1. The van der Waals surface area contributed by atoms with Crippen molar-refractivity contribution in [2.24, 2.45) is 5.92 Å². The lowest BCUT2D eigenvalue weighted by atomic mass is 10.2. The topological polar surface area (TPSA) is 65.2 Å². The quantitative estimate of drug-likeness (QED) is 0.772. The fraction of sp³-hybridized carbons (Fsp3) is 0.733. The monoisotopic (exact) mass is 311 g/mol. The van der Waals surface area contributed by atoms with Gasteiger partial charge in [0.05, 0.1) is 4.90 Å². The van der Waals surface area contributed by atoms with E-state index in [0.717, 1.165) is 18.5 Å². The van der Waals surface area contributed by atoms with Gasteiger partial charge in [0, 0.05) is 37.1 Å². The normalized spacial score (nSPS) is 19.6. The van der Waals surface area contributed by atoms with Crippen LogP contribution in [-0.2, 0) is 16.6 Å². The highest BCUT2D eigenvalue weighted by Crippen LogP contribution is 2.33. The SMILES string of the molecule is CC(C)CN(C1CC1)S(=O)(=O)c1c[nH]c(CNC2CC2)c1. The van der Waals surface area contributed by atoms with Gasteiger partial charge in [0.25, 0.3) is 0 Å². The molecule has 118 valence electrons. The molecular weight excluding hydrogens is 286 g/mol. The summed E-state index contributed by atoms with van der Waals surface area (Å²) < 4.78 is 27.3. The van der Waals surface area contributed by atoms with Crippen LogP contribution in [0.5, 0.6) is 0 Å². The van der Waals surface area contributed by atoms with Gasteiger partial charge in [0.15, 0.2) is 0 Å². The standard InChI is InChI=1S/C15H25N3O2S/c1-11(2)10-18(14-5-6-14)21(19,20)15-7-13(17-9-15)8-16-12-3-4-12/h7,9,11-12,14,16-17H,3-6,8,10H2,1-2H3. The molecule has 0 bridgehead atoms. The molecule has 5 nitrogen and oxygen atoms in total. The Bertz CT molecular complexity index is 586. The Morgan fingerprint density at radius 2 is 2.05 bits per heavy atom. The van der Waals surface area contributed by atoms with Crippen molar-refractivity contribution in [1.82, 2.24) is 14.6 Å². The third-order valence-corrected chi connectivity index (χ3v) is 5.88. The van der Waals surface area contributed by atoms with Crippen LogP contribution in [0.1, 0.15) is 45.2 Å². The molecular formula is C15H25N3O2S. The van der Waals surface area contributed by atoms with E-state index in [1.807, 2.05) is 0 Å². The molecule has 6 heteroatoms. The third kappa shape index (κ3) is 3.67. The van der Waals surface area contributed by atoms with Crippen LogP contribution in [0.2, 0.25) is 0 Å². The van der Waals surface area contributed by atoms with Gasteiger partial charge in [0.2, 0.25) is 10.0 Å². The zero-order valence-electron chi connectivity index (χ0n) is 12.8. The summed E-state index contributed by atoms with van der Waals surface area (Å²) >= 11 is 0. The highest BCUT2D eigenvalue weighted by atomic mass is 32.2. The Kier molecular flexibility index (Phi) is 4.12. The van der Waals surface area contributed by atoms with E-state index in [9.17, 15) is 8.42 Å². The van der Waals surface area contributed by atoms with E-state index in [-0.39, 0.29) is 6.04 Å². The fourth-order valence-electron chi connectivity index (χ4n) is 2.51. The molecule has 1 aromatic heterocycles. The molecule has 2 aliphatic carbocycles. The van der Waals surface area contributed by atoms with Crippen LogP contribution in [0.3, 0.4) is 0 Å². The Labute approximate surface area is 127 Å². The maximum absolute atomic E-state index is 12.8. The minimum Gasteiger partial charge on any atom is -0.363 e. The van der Waals surface area contributed by atoms with E-state index in [0.29, 0.717) is 29.9 Å². The summed E-state index contributed by atoms with van der Waals surface area (Å²) in [5.41, 5.74) is 0.945. The fourth-order valence-corrected chi connectivity index (χ4v) is 4.38. The van der Waals surface area contributed by atoms with Crippen LogP contribution < -0.4 is 5.32 Å². The first-order valence-electron chi connectivity index (χ1n) is 7.89. The first kappa shape index (κ1) is 15.1. The van der Waals surface area contributed by atoms with Crippen LogP contribution in [0.25, 0.3) is 0 Å². The minimum absolute atomic E-state index is 0.209. The van der Waals surface area contributed by atoms with Crippen molar-refractivity contribution < 1.29 is 8.42 Å². The molecule has 1 aromatic rings. The molecule has 0 unspecified atom stereocenters. The van der Waals surface area contributed by atoms with Gasteiger partial charge in [-0.15, -0.1) is 0 Å². The van der Waals surface area contributed by atoms with E-state index in [1.54, 1.807) is 16.6 Å². The first-order valence-corrected chi connectivity index (χ1v) is 9.33. The largest absolute Gasteiger partial charge is 0.363 e. The van der Waals surface area contributed by atoms with Crippen LogP contribution >= 0.6 is 0 Å². The van der Waals surface area contributed by atoms with Crippen molar-refractivity contribution in [1.29, 1.82) is 0 Å². The molecule has 1 heterocycles. The predicted molar refractivity (Wildman–Crippen MR) is 82.4 cm³/mol. The van der Waals surface area contributed by atoms with Crippen LogP contribution in [-0.4, -0.2) is 36.3 Å². The summed E-state index contributed by atoms with van der Waals surface area (Å²) in [5, 5.41) is 3.39. The molecule has 0 aromatic carbocycles. The maximum Gasteiger partial charge on any atom is 0.244 e. The smallest absolute Gasteiger partial charge is 0.244 e. The van der Waals surface area contributed by atoms with E-state index in [1.165, 1.54) is 12.8 Å². The van der Waals surface area contributed by atoms with Gasteiger partial charge in [-0.2, -0.15) is 4.31 Å². The second kappa shape index (κ2) is 5.74. The molecule has 0 atom stereocenters. The molecule has 0 amide bonds. The Balaban J connectivity index is 1.72. The molecule has 0 aliphatic heterocycles. The molecule has 2 N–H and O–H groups in total. The Morgan fingerprint density at radius 1 is 1.33 bits per heavy atom. The second-order valence-corrected chi connectivity index (χ2v) is 8.61. The molecule has 2 aliphatic rings. The number of hydrogen-bond acceptors (Lipinski definition) is 3. The summed E-state index contributed by atoms with van der Waals surface area (Å²) in [6.45, 7) is 5.45. The highest BCUT2D eigenvalue weighted by Gasteiger charge is 2.38. The summed E-state index contributed by atoms with van der Waals surface area (Å²) in [4.78, 5) is 3.50. The van der Waals surface area contributed by atoms with E-state index in [4.69, 9.17) is 0 Å².